The summed E-state index contributed by atoms with van der Waals surface area (Å²) in [4.78, 5) is 18.7. The lowest BCUT2D eigenvalue weighted by Gasteiger charge is -2.34. The van der Waals surface area contributed by atoms with Gasteiger partial charge in [-0.25, -0.2) is 9.07 Å². The van der Waals surface area contributed by atoms with Crippen LogP contribution in [0.4, 0.5) is 4.39 Å². The molecule has 1 aromatic heterocycles. The molecular formula is C22H32FIN6O. The zero-order valence-electron chi connectivity index (χ0n) is 18.2. The highest BCUT2D eigenvalue weighted by Gasteiger charge is 2.23. The third-order valence-corrected chi connectivity index (χ3v) is 5.37. The number of hydrogen-bond donors (Lipinski definition) is 2. The van der Waals surface area contributed by atoms with E-state index < -0.39 is 0 Å². The first-order chi connectivity index (χ1) is 14.6. The Hall–Kier alpha value is -2.17. The zero-order chi connectivity index (χ0) is 21.3. The number of aliphatic imine (C=N–C) groups is 1. The van der Waals surface area contributed by atoms with E-state index in [1.54, 1.807) is 23.9 Å². The molecule has 31 heavy (non-hydrogen) atoms. The lowest BCUT2D eigenvalue weighted by atomic mass is 9.93. The number of nitrogens with zero attached hydrogens (tertiary/aromatic N) is 4. The molecule has 9 heteroatoms. The van der Waals surface area contributed by atoms with Crippen LogP contribution in [-0.4, -0.2) is 59.8 Å². The highest BCUT2D eigenvalue weighted by molar-refractivity contribution is 14.0. The fourth-order valence-corrected chi connectivity index (χ4v) is 3.65. The topological polar surface area (TPSA) is 74.5 Å². The molecule has 2 N–H and O–H groups in total. The minimum absolute atomic E-state index is 0. The van der Waals surface area contributed by atoms with Crippen molar-refractivity contribution in [3.05, 3.63) is 48.0 Å². The van der Waals surface area contributed by atoms with Crippen molar-refractivity contribution >= 4 is 35.8 Å². The molecule has 2 aromatic rings. The van der Waals surface area contributed by atoms with Crippen molar-refractivity contribution in [3.63, 3.8) is 0 Å². The van der Waals surface area contributed by atoms with Crippen molar-refractivity contribution in [1.29, 1.82) is 0 Å². The van der Waals surface area contributed by atoms with Gasteiger partial charge in [-0.05, 0) is 56.0 Å². The number of benzene rings is 1. The molecule has 1 aliphatic rings. The van der Waals surface area contributed by atoms with Gasteiger partial charge in [-0.2, -0.15) is 5.10 Å². The first kappa shape index (κ1) is 25.1. The number of halogens is 2. The fraction of sp³-hybridized carbons (Fsp3) is 0.500. The van der Waals surface area contributed by atoms with Gasteiger partial charge in [0.2, 0.25) is 5.91 Å². The molecule has 1 fully saturated rings. The number of carbonyl (C=O) groups is 1. The van der Waals surface area contributed by atoms with Gasteiger partial charge < -0.3 is 15.5 Å². The second-order valence-corrected chi connectivity index (χ2v) is 7.52. The number of rotatable bonds is 7. The first-order valence-electron chi connectivity index (χ1n) is 10.6. The summed E-state index contributed by atoms with van der Waals surface area (Å²) in [5, 5.41) is 10.7. The third-order valence-electron chi connectivity index (χ3n) is 5.37. The average molecular weight is 542 g/mol. The normalized spacial score (nSPS) is 14.8. The van der Waals surface area contributed by atoms with Crippen molar-refractivity contribution < 1.29 is 9.18 Å². The van der Waals surface area contributed by atoms with Crippen LogP contribution >= 0.6 is 24.0 Å². The lowest BCUT2D eigenvalue weighted by Crippen LogP contribution is -2.46. The summed E-state index contributed by atoms with van der Waals surface area (Å²) in [5.41, 5.74) is 1.78. The first-order valence-corrected chi connectivity index (χ1v) is 10.6. The van der Waals surface area contributed by atoms with Crippen molar-refractivity contribution in [2.75, 3.05) is 33.2 Å². The maximum absolute atomic E-state index is 13.1. The maximum Gasteiger partial charge on any atom is 0.220 e. The van der Waals surface area contributed by atoms with Gasteiger partial charge >= 0.3 is 0 Å². The molecule has 1 aromatic carbocycles. The summed E-state index contributed by atoms with van der Waals surface area (Å²) in [6, 6.07) is 8.25. The van der Waals surface area contributed by atoms with E-state index >= 15 is 0 Å². The van der Waals surface area contributed by atoms with E-state index in [2.05, 4.69) is 27.6 Å². The Labute approximate surface area is 200 Å². The second-order valence-electron chi connectivity index (χ2n) is 7.52. The van der Waals surface area contributed by atoms with Crippen LogP contribution < -0.4 is 10.6 Å². The van der Waals surface area contributed by atoms with Crippen LogP contribution in [0.2, 0.25) is 0 Å². The molecular weight excluding hydrogens is 510 g/mol. The number of piperidine rings is 1. The van der Waals surface area contributed by atoms with E-state index in [0.29, 0.717) is 18.9 Å². The molecule has 1 saturated heterocycles. The number of amides is 1. The van der Waals surface area contributed by atoms with Gasteiger partial charge in [-0.15, -0.1) is 24.0 Å². The molecule has 170 valence electrons. The summed E-state index contributed by atoms with van der Waals surface area (Å²) in [6.45, 7) is 5.34. The predicted octanol–water partition coefficient (Wildman–Crippen LogP) is 2.99. The molecule has 2 heterocycles. The molecule has 1 aliphatic heterocycles. The van der Waals surface area contributed by atoms with E-state index in [-0.39, 0.29) is 35.7 Å². The smallest absolute Gasteiger partial charge is 0.220 e. The summed E-state index contributed by atoms with van der Waals surface area (Å²) in [7, 11) is 1.69. The van der Waals surface area contributed by atoms with Crippen LogP contribution in [0.1, 0.15) is 31.9 Å². The number of aromatic nitrogens is 2. The van der Waals surface area contributed by atoms with Crippen molar-refractivity contribution in [2.45, 2.75) is 32.6 Å². The summed E-state index contributed by atoms with van der Waals surface area (Å²) in [6.07, 6.45) is 5.22. The standard InChI is InChI=1S/C22H31FN6O.HI/c1-3-25-22(28-13-9-17(10-14-28)16-21(30)24-2)26-12-8-19-11-15-29(27-19)20-6-4-18(23)5-7-20;/h4-7,11,15,17H,3,8-10,12-14,16H2,1-2H3,(H,24,30)(H,25,26);1H. The van der Waals surface area contributed by atoms with Crippen LogP contribution in [0.5, 0.6) is 0 Å². The molecule has 0 atom stereocenters. The molecule has 0 bridgehead atoms. The molecule has 1 amide bonds. The maximum atomic E-state index is 13.1. The van der Waals surface area contributed by atoms with E-state index in [1.165, 1.54) is 12.1 Å². The highest BCUT2D eigenvalue weighted by atomic mass is 127. The third kappa shape index (κ3) is 7.48. The number of carbonyl (C=O) groups excluding carboxylic acids is 1. The van der Waals surface area contributed by atoms with Crippen molar-refractivity contribution in [2.24, 2.45) is 10.9 Å². The van der Waals surface area contributed by atoms with Crippen molar-refractivity contribution in [1.82, 2.24) is 25.3 Å². The van der Waals surface area contributed by atoms with E-state index in [4.69, 9.17) is 4.99 Å². The van der Waals surface area contributed by atoms with Gasteiger partial charge in [0.05, 0.1) is 11.4 Å². The minimum Gasteiger partial charge on any atom is -0.359 e. The molecule has 0 radical (unpaired) electrons. The summed E-state index contributed by atoms with van der Waals surface area (Å²) in [5.74, 6) is 1.23. The quantitative estimate of drug-likeness (QED) is 0.321. The molecule has 7 nitrogen and oxygen atoms in total. The van der Waals surface area contributed by atoms with Gasteiger partial charge in [-0.1, -0.05) is 0 Å². The molecule has 0 unspecified atom stereocenters. The Kier molecular flexibility index (Phi) is 10.2. The lowest BCUT2D eigenvalue weighted by molar-refractivity contribution is -0.121. The largest absolute Gasteiger partial charge is 0.359 e. The van der Waals surface area contributed by atoms with Gasteiger partial charge in [-0.3, -0.25) is 9.79 Å². The Balaban J connectivity index is 0.00000341. The van der Waals surface area contributed by atoms with Gasteiger partial charge in [0, 0.05) is 52.3 Å². The number of hydrogen-bond acceptors (Lipinski definition) is 3. The summed E-state index contributed by atoms with van der Waals surface area (Å²) < 4.78 is 14.8. The van der Waals surface area contributed by atoms with Crippen LogP contribution in [0.3, 0.4) is 0 Å². The predicted molar refractivity (Wildman–Crippen MR) is 132 cm³/mol. The molecule has 3 rings (SSSR count). The average Bonchev–Trinajstić information content (AvgIpc) is 3.23. The van der Waals surface area contributed by atoms with Gasteiger partial charge in [0.1, 0.15) is 5.82 Å². The Bertz CT molecular complexity index is 846. The summed E-state index contributed by atoms with van der Waals surface area (Å²) >= 11 is 0. The highest BCUT2D eigenvalue weighted by Crippen LogP contribution is 2.20. The van der Waals surface area contributed by atoms with Crippen LogP contribution in [0.15, 0.2) is 41.5 Å². The molecule has 0 aliphatic carbocycles. The monoisotopic (exact) mass is 542 g/mol. The number of guanidine groups is 1. The van der Waals surface area contributed by atoms with Crippen LogP contribution in [-0.2, 0) is 11.2 Å². The van der Waals surface area contributed by atoms with E-state index in [1.807, 2.05) is 12.3 Å². The van der Waals surface area contributed by atoms with Crippen LogP contribution in [0, 0.1) is 11.7 Å². The molecule has 0 saturated carbocycles. The second kappa shape index (κ2) is 12.6. The number of likely N-dealkylation sites (tertiary alicyclic amines) is 1. The fourth-order valence-electron chi connectivity index (χ4n) is 3.65. The number of nitrogens with one attached hydrogen (secondary N) is 2. The van der Waals surface area contributed by atoms with Crippen LogP contribution in [0.25, 0.3) is 5.69 Å². The van der Waals surface area contributed by atoms with Crippen molar-refractivity contribution in [3.8, 4) is 5.69 Å². The SMILES string of the molecule is CCNC(=NCCc1ccn(-c2ccc(F)cc2)n1)N1CCC(CC(=O)NC)CC1.I. The molecule has 0 spiro atoms. The Morgan fingerprint density at radius 2 is 1.94 bits per heavy atom. The van der Waals surface area contributed by atoms with E-state index in [0.717, 1.165) is 56.2 Å². The van der Waals surface area contributed by atoms with Gasteiger partial charge in [0.25, 0.3) is 0 Å². The Morgan fingerprint density at radius 3 is 2.58 bits per heavy atom. The zero-order valence-corrected chi connectivity index (χ0v) is 20.5. The van der Waals surface area contributed by atoms with E-state index in [9.17, 15) is 9.18 Å². The Morgan fingerprint density at radius 1 is 1.23 bits per heavy atom. The van der Waals surface area contributed by atoms with Gasteiger partial charge in [0.15, 0.2) is 5.96 Å². The minimum atomic E-state index is -0.255.